The van der Waals surface area contributed by atoms with Gasteiger partial charge in [-0.05, 0) is 24.4 Å². The Kier molecular flexibility index (Phi) is 2.51. The number of benzene rings is 2. The maximum absolute atomic E-state index is 11.0. The van der Waals surface area contributed by atoms with Crippen molar-refractivity contribution in [3.63, 3.8) is 0 Å². The molecule has 0 radical (unpaired) electrons. The standard InChI is InChI=1S/C12H9NO4/c1-7-2-4-9-8(6-7)3-5-10(12(14)15)11(9)13(16)17/h2-6H,1H3,(H,14,15). The number of aryl methyl sites for hydroxylation is 1. The van der Waals surface area contributed by atoms with Crippen molar-refractivity contribution in [3.8, 4) is 0 Å². The number of nitro benzene ring substituents is 1. The second-order valence-corrected chi connectivity index (χ2v) is 3.75. The Morgan fingerprint density at radius 1 is 1.29 bits per heavy atom. The van der Waals surface area contributed by atoms with E-state index in [-0.39, 0.29) is 11.3 Å². The van der Waals surface area contributed by atoms with E-state index in [1.807, 2.05) is 6.92 Å². The van der Waals surface area contributed by atoms with Crippen molar-refractivity contribution in [3.05, 3.63) is 51.6 Å². The van der Waals surface area contributed by atoms with Gasteiger partial charge in [0.05, 0.1) is 10.3 Å². The zero-order chi connectivity index (χ0) is 12.6. The first-order chi connectivity index (χ1) is 8.00. The van der Waals surface area contributed by atoms with Gasteiger partial charge in [0.2, 0.25) is 0 Å². The van der Waals surface area contributed by atoms with Crippen molar-refractivity contribution in [2.24, 2.45) is 0 Å². The van der Waals surface area contributed by atoms with Crippen LogP contribution >= 0.6 is 0 Å². The maximum atomic E-state index is 11.0. The normalized spacial score (nSPS) is 10.4. The van der Waals surface area contributed by atoms with Crippen molar-refractivity contribution in [1.29, 1.82) is 0 Å². The van der Waals surface area contributed by atoms with Gasteiger partial charge in [0.1, 0.15) is 5.56 Å². The maximum Gasteiger partial charge on any atom is 0.342 e. The summed E-state index contributed by atoms with van der Waals surface area (Å²) < 4.78 is 0. The highest BCUT2D eigenvalue weighted by atomic mass is 16.6. The first kappa shape index (κ1) is 11.1. The zero-order valence-electron chi connectivity index (χ0n) is 9.01. The fraction of sp³-hybridized carbons (Fsp3) is 0.0833. The molecule has 2 rings (SSSR count). The van der Waals surface area contributed by atoms with Gasteiger partial charge in [-0.15, -0.1) is 0 Å². The van der Waals surface area contributed by atoms with Crippen LogP contribution in [0.3, 0.4) is 0 Å². The lowest BCUT2D eigenvalue weighted by molar-refractivity contribution is -0.383. The van der Waals surface area contributed by atoms with Gasteiger partial charge in [0.15, 0.2) is 0 Å². The first-order valence-electron chi connectivity index (χ1n) is 4.92. The zero-order valence-corrected chi connectivity index (χ0v) is 9.01. The number of hydrogen-bond donors (Lipinski definition) is 1. The Morgan fingerprint density at radius 2 is 2.00 bits per heavy atom. The summed E-state index contributed by atoms with van der Waals surface area (Å²) >= 11 is 0. The van der Waals surface area contributed by atoms with Crippen molar-refractivity contribution in [1.82, 2.24) is 0 Å². The number of fused-ring (bicyclic) bond motifs is 1. The average molecular weight is 231 g/mol. The molecular weight excluding hydrogens is 222 g/mol. The number of nitro groups is 1. The van der Waals surface area contributed by atoms with Crippen LogP contribution in [0.25, 0.3) is 10.8 Å². The molecule has 17 heavy (non-hydrogen) atoms. The third kappa shape index (κ3) is 1.82. The molecule has 0 amide bonds. The molecule has 0 unspecified atom stereocenters. The van der Waals surface area contributed by atoms with Crippen molar-refractivity contribution in [2.75, 3.05) is 0 Å². The van der Waals surface area contributed by atoms with E-state index < -0.39 is 10.9 Å². The molecule has 0 aliphatic rings. The summed E-state index contributed by atoms with van der Waals surface area (Å²) in [5, 5.41) is 20.9. The van der Waals surface area contributed by atoms with Crippen LogP contribution < -0.4 is 0 Å². The average Bonchev–Trinajstić information content (AvgIpc) is 2.26. The fourth-order valence-corrected chi connectivity index (χ4v) is 1.80. The van der Waals surface area contributed by atoms with Crippen molar-refractivity contribution in [2.45, 2.75) is 6.92 Å². The Balaban J connectivity index is 2.89. The number of carboxylic acid groups (broad SMARTS) is 1. The molecule has 0 saturated heterocycles. The van der Waals surface area contributed by atoms with Gasteiger partial charge < -0.3 is 5.11 Å². The van der Waals surface area contributed by atoms with Crippen LogP contribution in [0.4, 0.5) is 5.69 Å². The summed E-state index contributed by atoms with van der Waals surface area (Å²) in [4.78, 5) is 21.2. The summed E-state index contributed by atoms with van der Waals surface area (Å²) in [5.74, 6) is -1.29. The van der Waals surface area contributed by atoms with Crippen LogP contribution in [0, 0.1) is 17.0 Å². The molecule has 0 aliphatic carbocycles. The molecule has 0 spiro atoms. The van der Waals surface area contributed by atoms with E-state index in [0.29, 0.717) is 10.8 Å². The minimum Gasteiger partial charge on any atom is -0.477 e. The van der Waals surface area contributed by atoms with E-state index in [1.165, 1.54) is 6.07 Å². The molecule has 1 N–H and O–H groups in total. The largest absolute Gasteiger partial charge is 0.477 e. The van der Waals surface area contributed by atoms with Gasteiger partial charge in [0.25, 0.3) is 5.69 Å². The SMILES string of the molecule is Cc1ccc2c([N+](=O)[O-])c(C(=O)O)ccc2c1. The molecule has 0 heterocycles. The summed E-state index contributed by atoms with van der Waals surface area (Å²) in [7, 11) is 0. The molecule has 5 nitrogen and oxygen atoms in total. The Hall–Kier alpha value is -2.43. The Labute approximate surface area is 96.5 Å². The minimum absolute atomic E-state index is 0.286. The number of carbonyl (C=O) groups is 1. The summed E-state index contributed by atoms with van der Waals surface area (Å²) in [6.07, 6.45) is 0. The molecule has 2 aromatic rings. The number of carboxylic acids is 1. The topological polar surface area (TPSA) is 80.4 Å². The minimum atomic E-state index is -1.29. The van der Waals surface area contributed by atoms with Crippen LogP contribution in [0.15, 0.2) is 30.3 Å². The molecule has 0 aromatic heterocycles. The predicted molar refractivity (Wildman–Crippen MR) is 62.3 cm³/mol. The highest BCUT2D eigenvalue weighted by Gasteiger charge is 2.22. The van der Waals surface area contributed by atoms with E-state index in [1.54, 1.807) is 24.3 Å². The second-order valence-electron chi connectivity index (χ2n) is 3.75. The lowest BCUT2D eigenvalue weighted by Crippen LogP contribution is -2.03. The van der Waals surface area contributed by atoms with Crippen molar-refractivity contribution < 1.29 is 14.8 Å². The van der Waals surface area contributed by atoms with Gasteiger partial charge in [-0.2, -0.15) is 0 Å². The third-order valence-corrected chi connectivity index (χ3v) is 2.56. The lowest BCUT2D eigenvalue weighted by Gasteiger charge is -2.03. The van der Waals surface area contributed by atoms with E-state index >= 15 is 0 Å². The smallest absolute Gasteiger partial charge is 0.342 e. The lowest BCUT2D eigenvalue weighted by atomic mass is 10.0. The molecule has 0 atom stereocenters. The summed E-state index contributed by atoms with van der Waals surface area (Å²) in [5.41, 5.74) is 0.330. The molecule has 5 heteroatoms. The molecule has 0 aliphatic heterocycles. The highest BCUT2D eigenvalue weighted by molar-refractivity contribution is 6.03. The van der Waals surface area contributed by atoms with E-state index in [2.05, 4.69) is 0 Å². The quantitative estimate of drug-likeness (QED) is 0.636. The van der Waals surface area contributed by atoms with Crippen molar-refractivity contribution >= 4 is 22.4 Å². The molecule has 0 fully saturated rings. The van der Waals surface area contributed by atoms with E-state index in [4.69, 9.17) is 5.11 Å². The predicted octanol–water partition coefficient (Wildman–Crippen LogP) is 2.75. The van der Waals surface area contributed by atoms with Gasteiger partial charge >= 0.3 is 5.97 Å². The highest BCUT2D eigenvalue weighted by Crippen LogP contribution is 2.30. The van der Waals surface area contributed by atoms with Gasteiger partial charge in [-0.25, -0.2) is 4.79 Å². The van der Waals surface area contributed by atoms with Crippen LogP contribution in [0.1, 0.15) is 15.9 Å². The molecule has 2 aromatic carbocycles. The van der Waals surface area contributed by atoms with Crippen LogP contribution in [0.5, 0.6) is 0 Å². The van der Waals surface area contributed by atoms with Gasteiger partial charge in [-0.3, -0.25) is 10.1 Å². The monoisotopic (exact) mass is 231 g/mol. The molecule has 0 bridgehead atoms. The fourth-order valence-electron chi connectivity index (χ4n) is 1.80. The molecule has 0 saturated carbocycles. The van der Waals surface area contributed by atoms with Crippen LogP contribution in [0.2, 0.25) is 0 Å². The van der Waals surface area contributed by atoms with Gasteiger partial charge in [-0.1, -0.05) is 23.8 Å². The number of nitrogens with zero attached hydrogens (tertiary/aromatic N) is 1. The number of hydrogen-bond acceptors (Lipinski definition) is 3. The third-order valence-electron chi connectivity index (χ3n) is 2.56. The van der Waals surface area contributed by atoms with E-state index in [9.17, 15) is 14.9 Å². The van der Waals surface area contributed by atoms with Crippen LogP contribution in [-0.4, -0.2) is 16.0 Å². The molecular formula is C12H9NO4. The van der Waals surface area contributed by atoms with E-state index in [0.717, 1.165) is 5.56 Å². The Bertz CT molecular complexity index is 634. The number of aromatic carboxylic acids is 1. The van der Waals surface area contributed by atoms with Gasteiger partial charge in [0, 0.05) is 0 Å². The second kappa shape index (κ2) is 3.86. The summed E-state index contributed by atoms with van der Waals surface area (Å²) in [6.45, 7) is 1.87. The summed E-state index contributed by atoms with van der Waals surface area (Å²) in [6, 6.07) is 7.94. The first-order valence-corrected chi connectivity index (χ1v) is 4.92. The van der Waals surface area contributed by atoms with Crippen LogP contribution in [-0.2, 0) is 0 Å². The Morgan fingerprint density at radius 3 is 2.59 bits per heavy atom. The number of rotatable bonds is 2. The molecule has 86 valence electrons.